The molecule has 1 aromatic carbocycles. The number of hydrogen-bond acceptors (Lipinski definition) is 5. The Kier molecular flexibility index (Phi) is 4.32. The number of fused-ring (bicyclic) bond motifs is 3. The number of amides is 1. The number of esters is 1. The molecule has 1 saturated heterocycles. The molecule has 3 aliphatic rings. The Labute approximate surface area is 159 Å². The van der Waals surface area contributed by atoms with E-state index in [1.54, 1.807) is 18.2 Å². The quantitative estimate of drug-likeness (QED) is 0.762. The molecule has 2 bridgehead atoms. The monoisotopic (exact) mass is 373 g/mol. The number of carbonyl (C=O) groups excluding carboxylic acids is 2. The van der Waals surface area contributed by atoms with E-state index in [0.717, 1.165) is 25.8 Å². The van der Waals surface area contributed by atoms with E-state index in [9.17, 15) is 9.59 Å². The van der Waals surface area contributed by atoms with Gasteiger partial charge >= 0.3 is 5.97 Å². The average Bonchev–Trinajstić information content (AvgIpc) is 2.87. The topological polar surface area (TPSA) is 65.1 Å². The molecule has 0 aromatic heterocycles. The third-order valence-corrected chi connectivity index (χ3v) is 5.84. The summed E-state index contributed by atoms with van der Waals surface area (Å²) in [5, 5.41) is 0. The van der Waals surface area contributed by atoms with Crippen LogP contribution in [0.1, 0.15) is 50.4 Å². The van der Waals surface area contributed by atoms with E-state index in [4.69, 9.17) is 14.2 Å². The predicted octanol–water partition coefficient (Wildman–Crippen LogP) is 3.04. The molecule has 4 rings (SSSR count). The fourth-order valence-electron chi connectivity index (χ4n) is 5.22. The highest BCUT2D eigenvalue weighted by Gasteiger charge is 2.50. The molecule has 146 valence electrons. The number of ether oxygens (including phenoxy) is 3. The van der Waals surface area contributed by atoms with Gasteiger partial charge < -0.3 is 19.1 Å². The zero-order chi connectivity index (χ0) is 19.2. The fourth-order valence-corrected chi connectivity index (χ4v) is 5.22. The molecule has 2 fully saturated rings. The Balaban J connectivity index is 1.38. The van der Waals surface area contributed by atoms with Gasteiger partial charge in [0.25, 0.3) is 5.91 Å². The van der Waals surface area contributed by atoms with Crippen molar-refractivity contribution in [2.75, 3.05) is 26.4 Å². The number of hydrogen-bond donors (Lipinski definition) is 0. The molecule has 2 atom stereocenters. The minimum atomic E-state index is -0.519. The second-order valence-electron chi connectivity index (χ2n) is 9.17. The van der Waals surface area contributed by atoms with Crippen molar-refractivity contribution in [2.24, 2.45) is 10.8 Å². The van der Waals surface area contributed by atoms with Crippen molar-refractivity contribution in [2.45, 2.75) is 46.1 Å². The van der Waals surface area contributed by atoms with Gasteiger partial charge in [-0.3, -0.25) is 4.79 Å². The van der Waals surface area contributed by atoms with E-state index >= 15 is 0 Å². The summed E-state index contributed by atoms with van der Waals surface area (Å²) in [6.07, 6.45) is 3.17. The van der Waals surface area contributed by atoms with Crippen molar-refractivity contribution >= 4 is 11.9 Å². The summed E-state index contributed by atoms with van der Waals surface area (Å²) in [6.45, 7) is 8.28. The number of carbonyl (C=O) groups is 2. The molecule has 0 radical (unpaired) electrons. The van der Waals surface area contributed by atoms with E-state index in [-0.39, 0.29) is 29.4 Å². The van der Waals surface area contributed by atoms with Crippen LogP contribution in [0.15, 0.2) is 18.2 Å². The van der Waals surface area contributed by atoms with Crippen LogP contribution in [0, 0.1) is 10.8 Å². The molecule has 2 aliphatic heterocycles. The maximum atomic E-state index is 12.7. The van der Waals surface area contributed by atoms with Gasteiger partial charge in [0.05, 0.1) is 5.56 Å². The van der Waals surface area contributed by atoms with Crippen LogP contribution in [-0.4, -0.2) is 49.2 Å². The Morgan fingerprint density at radius 2 is 1.89 bits per heavy atom. The predicted molar refractivity (Wildman–Crippen MR) is 99.0 cm³/mol. The fraction of sp³-hybridized carbons (Fsp3) is 0.619. The molecule has 1 amide bonds. The second-order valence-corrected chi connectivity index (χ2v) is 9.17. The summed E-state index contributed by atoms with van der Waals surface area (Å²) in [4.78, 5) is 27.0. The summed E-state index contributed by atoms with van der Waals surface area (Å²) in [5.74, 6) is 0.529. The summed E-state index contributed by atoms with van der Waals surface area (Å²) in [6, 6.07) is 5.18. The summed E-state index contributed by atoms with van der Waals surface area (Å²) >= 11 is 0. The van der Waals surface area contributed by atoms with Crippen molar-refractivity contribution in [3.05, 3.63) is 23.8 Å². The standard InChI is InChI=1S/C21H27NO5/c1-20(2)9-15-10-21(3,12-20)13-22(15)18(23)11-27-19(24)14-4-5-16-17(8-14)26-7-6-25-16/h4-5,8,15H,6-7,9-13H2,1-3H3/t15-,21-/m0/s1. The normalized spacial score (nSPS) is 28.0. The highest BCUT2D eigenvalue weighted by Crippen LogP contribution is 2.52. The van der Waals surface area contributed by atoms with Crippen LogP contribution in [0.4, 0.5) is 0 Å². The lowest BCUT2D eigenvalue weighted by Crippen LogP contribution is -2.39. The van der Waals surface area contributed by atoms with Gasteiger partial charge in [0.15, 0.2) is 18.1 Å². The van der Waals surface area contributed by atoms with E-state index in [2.05, 4.69) is 20.8 Å². The molecule has 6 heteroatoms. The minimum absolute atomic E-state index is 0.104. The first kappa shape index (κ1) is 18.1. The zero-order valence-corrected chi connectivity index (χ0v) is 16.2. The van der Waals surface area contributed by atoms with Gasteiger partial charge in [0.2, 0.25) is 0 Å². The maximum Gasteiger partial charge on any atom is 0.338 e. The SMILES string of the molecule is CC1(C)C[C@H]2C[C@](C)(CN2C(=O)COC(=O)c2ccc3c(c2)OCCO3)C1. The molecule has 1 aromatic rings. The van der Waals surface area contributed by atoms with Crippen LogP contribution in [0.2, 0.25) is 0 Å². The maximum absolute atomic E-state index is 12.7. The van der Waals surface area contributed by atoms with E-state index in [0.29, 0.717) is 30.3 Å². The summed E-state index contributed by atoms with van der Waals surface area (Å²) in [5.41, 5.74) is 0.775. The second kappa shape index (κ2) is 6.43. The number of likely N-dealkylation sites (tertiary alicyclic amines) is 1. The van der Waals surface area contributed by atoms with Crippen molar-refractivity contribution in [3.8, 4) is 11.5 Å². The highest BCUT2D eigenvalue weighted by atomic mass is 16.6. The van der Waals surface area contributed by atoms with Gasteiger partial charge in [-0.1, -0.05) is 20.8 Å². The van der Waals surface area contributed by atoms with Gasteiger partial charge in [-0.05, 0) is 48.3 Å². The van der Waals surface area contributed by atoms with E-state index < -0.39 is 5.97 Å². The first-order valence-corrected chi connectivity index (χ1v) is 9.61. The molecule has 27 heavy (non-hydrogen) atoms. The van der Waals surface area contributed by atoms with Crippen molar-refractivity contribution in [1.29, 1.82) is 0 Å². The van der Waals surface area contributed by atoms with Crippen molar-refractivity contribution in [1.82, 2.24) is 4.90 Å². The molecule has 0 spiro atoms. The molecule has 6 nitrogen and oxygen atoms in total. The van der Waals surface area contributed by atoms with Gasteiger partial charge in [0, 0.05) is 12.6 Å². The summed E-state index contributed by atoms with van der Waals surface area (Å²) in [7, 11) is 0. The molecule has 0 unspecified atom stereocenters. The van der Waals surface area contributed by atoms with Crippen LogP contribution in [0.25, 0.3) is 0 Å². The third-order valence-electron chi connectivity index (χ3n) is 5.84. The lowest BCUT2D eigenvalue weighted by molar-refractivity contribution is -0.135. The minimum Gasteiger partial charge on any atom is -0.486 e. The third kappa shape index (κ3) is 3.62. The average molecular weight is 373 g/mol. The van der Waals surface area contributed by atoms with Crippen molar-refractivity contribution in [3.63, 3.8) is 0 Å². The lowest BCUT2D eigenvalue weighted by atomic mass is 9.65. The zero-order valence-electron chi connectivity index (χ0n) is 16.2. The number of benzene rings is 1. The molecular weight excluding hydrogens is 346 g/mol. The van der Waals surface area contributed by atoms with Crippen LogP contribution in [0.3, 0.4) is 0 Å². The summed E-state index contributed by atoms with van der Waals surface area (Å²) < 4.78 is 16.2. The number of rotatable bonds is 3. The van der Waals surface area contributed by atoms with E-state index in [1.807, 2.05) is 4.90 Å². The highest BCUT2D eigenvalue weighted by molar-refractivity contribution is 5.92. The van der Waals surface area contributed by atoms with E-state index in [1.165, 1.54) is 0 Å². The molecule has 1 aliphatic carbocycles. The molecular formula is C21H27NO5. The van der Waals surface area contributed by atoms with Gasteiger partial charge in [-0.25, -0.2) is 4.79 Å². The molecule has 2 heterocycles. The Morgan fingerprint density at radius 1 is 1.15 bits per heavy atom. The van der Waals surface area contributed by atoms with Gasteiger partial charge in [0.1, 0.15) is 13.2 Å². The molecule has 0 N–H and O–H groups in total. The van der Waals surface area contributed by atoms with Crippen molar-refractivity contribution < 1.29 is 23.8 Å². The van der Waals surface area contributed by atoms with Gasteiger partial charge in [-0.2, -0.15) is 0 Å². The van der Waals surface area contributed by atoms with Crippen LogP contribution in [0.5, 0.6) is 11.5 Å². The van der Waals surface area contributed by atoms with Crippen LogP contribution < -0.4 is 9.47 Å². The smallest absolute Gasteiger partial charge is 0.338 e. The lowest BCUT2D eigenvalue weighted by Gasteiger charge is -2.39. The van der Waals surface area contributed by atoms with Gasteiger partial charge in [-0.15, -0.1) is 0 Å². The first-order valence-electron chi connectivity index (χ1n) is 9.61. The largest absolute Gasteiger partial charge is 0.486 e. The Morgan fingerprint density at radius 3 is 2.67 bits per heavy atom. The van der Waals surface area contributed by atoms with Crippen LogP contribution >= 0.6 is 0 Å². The Hall–Kier alpha value is -2.24. The molecule has 1 saturated carbocycles. The first-order chi connectivity index (χ1) is 12.7. The Bertz CT molecular complexity index is 774. The number of nitrogens with zero attached hydrogens (tertiary/aromatic N) is 1. The van der Waals surface area contributed by atoms with Crippen LogP contribution in [-0.2, 0) is 9.53 Å².